The van der Waals surface area contributed by atoms with Crippen LogP contribution >= 0.6 is 11.6 Å². The zero-order chi connectivity index (χ0) is 16.6. The lowest BCUT2D eigenvalue weighted by Crippen LogP contribution is -2.35. The van der Waals surface area contributed by atoms with Gasteiger partial charge in [0.2, 0.25) is 10.0 Å². The molecule has 0 aliphatic heterocycles. The second kappa shape index (κ2) is 6.23. The molecule has 3 nitrogen and oxygen atoms in total. The summed E-state index contributed by atoms with van der Waals surface area (Å²) in [7, 11) is -3.79. The minimum absolute atomic E-state index is 0.0247. The molecule has 0 unspecified atom stereocenters. The Bertz CT molecular complexity index is 821. The molecule has 1 fully saturated rings. The van der Waals surface area contributed by atoms with Crippen LogP contribution in [0.2, 0.25) is 5.02 Å². The van der Waals surface area contributed by atoms with Crippen LogP contribution in [0.1, 0.15) is 31.4 Å². The van der Waals surface area contributed by atoms with Gasteiger partial charge in [-0.25, -0.2) is 12.8 Å². The van der Waals surface area contributed by atoms with Gasteiger partial charge >= 0.3 is 0 Å². The molecule has 1 saturated carbocycles. The van der Waals surface area contributed by atoms with Gasteiger partial charge < -0.3 is 0 Å². The second-order valence-electron chi connectivity index (χ2n) is 5.72. The van der Waals surface area contributed by atoms with E-state index in [0.717, 1.165) is 24.5 Å². The van der Waals surface area contributed by atoms with Crippen molar-refractivity contribution >= 4 is 21.6 Å². The number of halogens is 2. The molecular weight excluding hydrogens is 337 g/mol. The molecule has 3 rings (SSSR count). The van der Waals surface area contributed by atoms with E-state index in [0.29, 0.717) is 5.02 Å². The number of hydrogen-bond donors (Lipinski definition) is 0. The Hall–Kier alpha value is -1.43. The summed E-state index contributed by atoms with van der Waals surface area (Å²) in [5.74, 6) is -0.563. The van der Waals surface area contributed by atoms with Crippen molar-refractivity contribution in [3.8, 4) is 0 Å². The van der Waals surface area contributed by atoms with Crippen molar-refractivity contribution in [1.29, 1.82) is 0 Å². The average Bonchev–Trinajstić information content (AvgIpc) is 3.32. The third-order valence-corrected chi connectivity index (χ3v) is 6.38. The summed E-state index contributed by atoms with van der Waals surface area (Å²) in [6.07, 6.45) is 1.62. The van der Waals surface area contributed by atoms with Gasteiger partial charge in [0.1, 0.15) is 5.82 Å². The quantitative estimate of drug-likeness (QED) is 0.799. The zero-order valence-electron chi connectivity index (χ0n) is 12.6. The monoisotopic (exact) mass is 353 g/mol. The summed E-state index contributed by atoms with van der Waals surface area (Å²) in [4.78, 5) is -0.0247. The van der Waals surface area contributed by atoms with Crippen LogP contribution in [0.3, 0.4) is 0 Å². The van der Waals surface area contributed by atoms with Crippen LogP contribution in [0.5, 0.6) is 0 Å². The highest BCUT2D eigenvalue weighted by Gasteiger charge is 2.42. The maximum atomic E-state index is 13.5. The van der Waals surface area contributed by atoms with Crippen molar-refractivity contribution < 1.29 is 12.8 Å². The summed E-state index contributed by atoms with van der Waals surface area (Å²) in [6.45, 7) is 1.82. The first kappa shape index (κ1) is 16.4. The first-order valence-electron chi connectivity index (χ1n) is 7.45. The molecule has 0 bridgehead atoms. The van der Waals surface area contributed by atoms with E-state index in [1.165, 1.54) is 22.5 Å². The van der Waals surface area contributed by atoms with Crippen molar-refractivity contribution in [2.75, 3.05) is 0 Å². The Labute approximate surface area is 140 Å². The van der Waals surface area contributed by atoms with Gasteiger partial charge in [0.25, 0.3) is 0 Å². The topological polar surface area (TPSA) is 37.4 Å². The van der Waals surface area contributed by atoms with Crippen LogP contribution in [0, 0.1) is 5.82 Å². The number of nitrogens with zero attached hydrogens (tertiary/aromatic N) is 1. The summed E-state index contributed by atoms with van der Waals surface area (Å²) in [5, 5.41) is 0.528. The first-order chi connectivity index (χ1) is 10.9. The second-order valence-corrected chi connectivity index (χ2v) is 7.97. The molecule has 0 spiro atoms. The highest BCUT2D eigenvalue weighted by Crippen LogP contribution is 2.40. The van der Waals surface area contributed by atoms with E-state index in [9.17, 15) is 12.8 Å². The van der Waals surface area contributed by atoms with E-state index >= 15 is 0 Å². The Morgan fingerprint density at radius 2 is 1.87 bits per heavy atom. The predicted octanol–water partition coefficient (Wildman–Crippen LogP) is 4.39. The number of sulfonamides is 1. The van der Waals surface area contributed by atoms with Gasteiger partial charge in [0, 0.05) is 17.1 Å². The van der Waals surface area contributed by atoms with Gasteiger partial charge in [-0.3, -0.25) is 0 Å². The SMILES string of the molecule is C[C@@H](c1ccccc1Cl)N(C1CC1)S(=O)(=O)c1cccc(F)c1. The highest BCUT2D eigenvalue weighted by atomic mass is 35.5. The summed E-state index contributed by atoms with van der Waals surface area (Å²) in [6, 6.07) is 11.9. The molecule has 0 radical (unpaired) electrons. The fourth-order valence-electron chi connectivity index (χ4n) is 2.75. The van der Waals surface area contributed by atoms with E-state index in [-0.39, 0.29) is 10.9 Å². The molecule has 23 heavy (non-hydrogen) atoms. The van der Waals surface area contributed by atoms with Crippen molar-refractivity contribution in [2.24, 2.45) is 0 Å². The largest absolute Gasteiger partial charge is 0.243 e. The molecule has 1 aliphatic rings. The van der Waals surface area contributed by atoms with Gasteiger partial charge in [-0.2, -0.15) is 4.31 Å². The lowest BCUT2D eigenvalue weighted by Gasteiger charge is -2.29. The third kappa shape index (κ3) is 3.27. The van der Waals surface area contributed by atoms with Crippen LogP contribution < -0.4 is 0 Å². The summed E-state index contributed by atoms with van der Waals surface area (Å²) < 4.78 is 40.9. The molecular formula is C17H17ClFNO2S. The summed E-state index contributed by atoms with van der Waals surface area (Å²) in [5.41, 5.74) is 0.751. The van der Waals surface area contributed by atoms with Gasteiger partial charge in [-0.15, -0.1) is 0 Å². The molecule has 2 aromatic carbocycles. The number of rotatable bonds is 5. The van der Waals surface area contributed by atoms with Crippen molar-refractivity contribution in [3.05, 3.63) is 64.9 Å². The first-order valence-corrected chi connectivity index (χ1v) is 9.26. The van der Waals surface area contributed by atoms with E-state index in [1.54, 1.807) is 12.1 Å². The van der Waals surface area contributed by atoms with Crippen molar-refractivity contribution in [2.45, 2.75) is 36.7 Å². The van der Waals surface area contributed by atoms with E-state index in [2.05, 4.69) is 0 Å². The normalized spacial score (nSPS) is 16.5. The van der Waals surface area contributed by atoms with Crippen LogP contribution in [0.15, 0.2) is 53.4 Å². The minimum atomic E-state index is -3.79. The number of benzene rings is 2. The molecule has 1 aliphatic carbocycles. The zero-order valence-corrected chi connectivity index (χ0v) is 14.2. The Morgan fingerprint density at radius 1 is 1.17 bits per heavy atom. The number of hydrogen-bond acceptors (Lipinski definition) is 2. The van der Waals surface area contributed by atoms with E-state index in [1.807, 2.05) is 19.1 Å². The lowest BCUT2D eigenvalue weighted by molar-refractivity contribution is 0.334. The van der Waals surface area contributed by atoms with Crippen LogP contribution in [-0.2, 0) is 10.0 Å². The van der Waals surface area contributed by atoms with Crippen LogP contribution in [0.4, 0.5) is 4.39 Å². The Balaban J connectivity index is 2.04. The molecule has 0 amide bonds. The van der Waals surface area contributed by atoms with Gasteiger partial charge in [0.15, 0.2) is 0 Å². The molecule has 0 heterocycles. The lowest BCUT2D eigenvalue weighted by atomic mass is 10.1. The molecule has 0 aromatic heterocycles. The van der Waals surface area contributed by atoms with Crippen molar-refractivity contribution in [3.63, 3.8) is 0 Å². The van der Waals surface area contributed by atoms with E-state index < -0.39 is 21.9 Å². The summed E-state index contributed by atoms with van der Waals surface area (Å²) >= 11 is 6.23. The molecule has 0 saturated heterocycles. The van der Waals surface area contributed by atoms with E-state index in [4.69, 9.17) is 11.6 Å². The fourth-order valence-corrected chi connectivity index (χ4v) is 4.93. The maximum absolute atomic E-state index is 13.5. The standard InChI is InChI=1S/C17H17ClFNO2S/c1-12(16-7-2-3-8-17(16)18)20(14-9-10-14)23(21,22)15-6-4-5-13(19)11-15/h2-8,11-12,14H,9-10H2,1H3/t12-/m0/s1. The Morgan fingerprint density at radius 3 is 2.48 bits per heavy atom. The molecule has 6 heteroatoms. The third-order valence-electron chi connectivity index (χ3n) is 4.02. The predicted molar refractivity (Wildman–Crippen MR) is 88.3 cm³/mol. The van der Waals surface area contributed by atoms with Crippen LogP contribution in [0.25, 0.3) is 0 Å². The Kier molecular flexibility index (Phi) is 4.45. The highest BCUT2D eigenvalue weighted by molar-refractivity contribution is 7.89. The molecule has 2 aromatic rings. The van der Waals surface area contributed by atoms with Gasteiger partial charge in [0.05, 0.1) is 4.90 Å². The minimum Gasteiger partial charge on any atom is -0.207 e. The smallest absolute Gasteiger partial charge is 0.207 e. The molecule has 1 atom stereocenters. The van der Waals surface area contributed by atoms with Crippen molar-refractivity contribution in [1.82, 2.24) is 4.31 Å². The molecule has 0 N–H and O–H groups in total. The fraction of sp³-hybridized carbons (Fsp3) is 0.294. The van der Waals surface area contributed by atoms with Crippen LogP contribution in [-0.4, -0.2) is 18.8 Å². The van der Waals surface area contributed by atoms with Gasteiger partial charge in [-0.05, 0) is 49.6 Å². The van der Waals surface area contributed by atoms with Gasteiger partial charge in [-0.1, -0.05) is 35.9 Å². The maximum Gasteiger partial charge on any atom is 0.243 e. The molecule has 122 valence electrons. The average molecular weight is 354 g/mol.